The number of aromatic nitrogens is 1. The Kier molecular flexibility index (Phi) is 5.99. The van der Waals surface area contributed by atoms with Crippen molar-refractivity contribution in [3.05, 3.63) is 16.1 Å². The number of ether oxygens (including phenoxy) is 1. The molecule has 7 nitrogen and oxygen atoms in total. The smallest absolute Gasteiger partial charge is 0.360 e. The number of carbonyl (C=O) groups is 2. The summed E-state index contributed by atoms with van der Waals surface area (Å²) in [4.78, 5) is 34.3. The SMILES string of the molecule is Cc1nc(/C(=N/OC2(C(=O)OC(C)(C)C)CCC(C)(C)CC2)C(=O)O)cs1. The second-order valence-corrected chi connectivity index (χ2v) is 9.81. The molecule has 1 fully saturated rings. The number of thiazole rings is 1. The van der Waals surface area contributed by atoms with E-state index in [-0.39, 0.29) is 16.8 Å². The Balaban J connectivity index is 2.33. The molecule has 150 valence electrons. The van der Waals surface area contributed by atoms with Crippen LogP contribution >= 0.6 is 11.3 Å². The Morgan fingerprint density at radius 1 is 1.22 bits per heavy atom. The summed E-state index contributed by atoms with van der Waals surface area (Å²) < 4.78 is 5.56. The summed E-state index contributed by atoms with van der Waals surface area (Å²) in [5.41, 5.74) is -1.96. The number of carboxylic acids is 1. The van der Waals surface area contributed by atoms with Gasteiger partial charge in [0.2, 0.25) is 11.3 Å². The predicted molar refractivity (Wildman–Crippen MR) is 103 cm³/mol. The van der Waals surface area contributed by atoms with Crippen LogP contribution < -0.4 is 0 Å². The van der Waals surface area contributed by atoms with Crippen LogP contribution in [0.25, 0.3) is 0 Å². The summed E-state index contributed by atoms with van der Waals surface area (Å²) in [5.74, 6) is -1.76. The zero-order chi connectivity index (χ0) is 20.5. The van der Waals surface area contributed by atoms with E-state index in [2.05, 4.69) is 24.0 Å². The van der Waals surface area contributed by atoms with Crippen molar-refractivity contribution in [2.75, 3.05) is 0 Å². The molecule has 1 saturated carbocycles. The molecule has 27 heavy (non-hydrogen) atoms. The monoisotopic (exact) mass is 396 g/mol. The van der Waals surface area contributed by atoms with Gasteiger partial charge in [0.15, 0.2) is 0 Å². The van der Waals surface area contributed by atoms with Crippen LogP contribution in [0.5, 0.6) is 0 Å². The lowest BCUT2D eigenvalue weighted by Gasteiger charge is -2.40. The maximum atomic E-state index is 12.9. The van der Waals surface area contributed by atoms with Crippen LogP contribution in [0.15, 0.2) is 10.5 Å². The van der Waals surface area contributed by atoms with Crippen LogP contribution in [0.1, 0.15) is 71.0 Å². The van der Waals surface area contributed by atoms with Gasteiger partial charge in [0.05, 0.1) is 5.01 Å². The van der Waals surface area contributed by atoms with Crippen molar-refractivity contribution in [1.29, 1.82) is 0 Å². The first-order valence-electron chi connectivity index (χ1n) is 8.99. The normalized spacial score (nSPS) is 19.4. The largest absolute Gasteiger partial charge is 0.476 e. The summed E-state index contributed by atoms with van der Waals surface area (Å²) in [6, 6.07) is 0. The van der Waals surface area contributed by atoms with E-state index in [0.717, 1.165) is 17.8 Å². The van der Waals surface area contributed by atoms with Gasteiger partial charge in [-0.3, -0.25) is 0 Å². The first-order chi connectivity index (χ1) is 12.3. The van der Waals surface area contributed by atoms with E-state index >= 15 is 0 Å². The minimum absolute atomic E-state index is 0.0836. The van der Waals surface area contributed by atoms with Crippen molar-refractivity contribution in [1.82, 2.24) is 4.98 Å². The molecule has 0 amide bonds. The fourth-order valence-electron chi connectivity index (χ4n) is 2.83. The Morgan fingerprint density at radius 2 is 1.81 bits per heavy atom. The van der Waals surface area contributed by atoms with Crippen molar-refractivity contribution >= 4 is 29.0 Å². The van der Waals surface area contributed by atoms with Crippen LogP contribution in [0, 0.1) is 12.3 Å². The zero-order valence-corrected chi connectivity index (χ0v) is 17.6. The molecule has 1 aliphatic rings. The second kappa shape index (κ2) is 7.58. The highest BCUT2D eigenvalue weighted by Crippen LogP contribution is 2.43. The number of aliphatic carboxylic acids is 1. The van der Waals surface area contributed by atoms with Gasteiger partial charge in [-0.1, -0.05) is 19.0 Å². The highest BCUT2D eigenvalue weighted by Gasteiger charge is 2.49. The predicted octanol–water partition coefficient (Wildman–Crippen LogP) is 3.94. The van der Waals surface area contributed by atoms with Crippen LogP contribution in [0.4, 0.5) is 0 Å². The molecule has 0 spiro atoms. The maximum Gasteiger partial charge on any atom is 0.360 e. The standard InChI is InChI=1S/C19H28N2O5S/c1-12-20-13(11-27-12)14(15(22)23)21-26-19(16(24)25-17(2,3)4)9-7-18(5,6)8-10-19/h11H,7-10H2,1-6H3,(H,22,23)/b21-14-. The average molecular weight is 397 g/mol. The first-order valence-corrected chi connectivity index (χ1v) is 9.87. The number of oxime groups is 1. The minimum atomic E-state index is -1.28. The van der Waals surface area contributed by atoms with Crippen LogP contribution in [0.2, 0.25) is 0 Å². The Hall–Kier alpha value is -1.96. The minimum Gasteiger partial charge on any atom is -0.476 e. The molecule has 1 N–H and O–H groups in total. The van der Waals surface area contributed by atoms with Crippen molar-refractivity contribution in [3.63, 3.8) is 0 Å². The van der Waals surface area contributed by atoms with E-state index in [4.69, 9.17) is 9.57 Å². The van der Waals surface area contributed by atoms with Gasteiger partial charge in [0.25, 0.3) is 0 Å². The van der Waals surface area contributed by atoms with Crippen LogP contribution in [-0.4, -0.2) is 38.9 Å². The molecule has 0 radical (unpaired) electrons. The molecule has 1 aromatic heterocycles. The molecule has 0 aromatic carbocycles. The third-order valence-electron chi connectivity index (χ3n) is 4.56. The van der Waals surface area contributed by atoms with E-state index in [1.54, 1.807) is 33.1 Å². The van der Waals surface area contributed by atoms with Gasteiger partial charge < -0.3 is 14.7 Å². The Labute approximate surface area is 163 Å². The van der Waals surface area contributed by atoms with Crippen molar-refractivity contribution in [2.45, 2.75) is 78.4 Å². The lowest BCUT2D eigenvalue weighted by Crippen LogP contribution is -2.48. The summed E-state index contributed by atoms with van der Waals surface area (Å²) >= 11 is 1.32. The number of carboxylic acid groups (broad SMARTS) is 1. The van der Waals surface area contributed by atoms with Gasteiger partial charge in [-0.15, -0.1) is 11.3 Å². The topological polar surface area (TPSA) is 98.1 Å². The van der Waals surface area contributed by atoms with Gasteiger partial charge in [-0.05, 0) is 46.0 Å². The van der Waals surface area contributed by atoms with E-state index in [1.165, 1.54) is 11.3 Å². The number of esters is 1. The molecule has 0 atom stereocenters. The number of nitrogens with zero attached hydrogens (tertiary/aromatic N) is 2. The Morgan fingerprint density at radius 3 is 2.26 bits per heavy atom. The van der Waals surface area contributed by atoms with E-state index in [1.807, 2.05) is 0 Å². The lowest BCUT2D eigenvalue weighted by molar-refractivity contribution is -0.191. The van der Waals surface area contributed by atoms with Crippen molar-refractivity contribution in [3.8, 4) is 0 Å². The summed E-state index contributed by atoms with van der Waals surface area (Å²) in [6.45, 7) is 11.4. The Bertz CT molecular complexity index is 736. The number of carbonyl (C=O) groups excluding carboxylic acids is 1. The number of hydrogen-bond acceptors (Lipinski definition) is 7. The molecule has 8 heteroatoms. The fourth-order valence-corrected chi connectivity index (χ4v) is 3.43. The van der Waals surface area contributed by atoms with Crippen LogP contribution in [0.3, 0.4) is 0 Å². The molecule has 1 heterocycles. The van der Waals surface area contributed by atoms with Crippen LogP contribution in [-0.2, 0) is 19.2 Å². The third kappa shape index (κ3) is 5.51. The molecule has 0 bridgehead atoms. The van der Waals surface area contributed by atoms with Gasteiger partial charge in [0.1, 0.15) is 11.3 Å². The summed E-state index contributed by atoms with van der Waals surface area (Å²) in [5, 5.41) is 15.7. The number of hydrogen-bond donors (Lipinski definition) is 1. The highest BCUT2D eigenvalue weighted by atomic mass is 32.1. The van der Waals surface area contributed by atoms with Gasteiger partial charge in [-0.2, -0.15) is 0 Å². The molecule has 2 rings (SSSR count). The average Bonchev–Trinajstić information content (AvgIpc) is 2.93. The molecule has 0 unspecified atom stereocenters. The van der Waals surface area contributed by atoms with Crippen molar-refractivity contribution in [2.24, 2.45) is 10.6 Å². The van der Waals surface area contributed by atoms with Crippen molar-refractivity contribution < 1.29 is 24.3 Å². The number of rotatable bonds is 5. The number of aryl methyl sites for hydroxylation is 1. The molecule has 1 aromatic rings. The van der Waals surface area contributed by atoms with E-state index in [9.17, 15) is 14.7 Å². The zero-order valence-electron chi connectivity index (χ0n) is 16.8. The molecular formula is C19H28N2O5S. The second-order valence-electron chi connectivity index (χ2n) is 8.75. The molecular weight excluding hydrogens is 368 g/mol. The summed E-state index contributed by atoms with van der Waals surface area (Å²) in [7, 11) is 0. The third-order valence-corrected chi connectivity index (χ3v) is 5.33. The lowest BCUT2D eigenvalue weighted by atomic mass is 9.71. The molecule has 0 aliphatic heterocycles. The highest BCUT2D eigenvalue weighted by molar-refractivity contribution is 7.09. The van der Waals surface area contributed by atoms with Gasteiger partial charge >= 0.3 is 11.9 Å². The maximum absolute atomic E-state index is 12.9. The quantitative estimate of drug-likeness (QED) is 0.460. The molecule has 1 aliphatic carbocycles. The fraction of sp³-hybridized carbons (Fsp3) is 0.684. The van der Waals surface area contributed by atoms with Gasteiger partial charge in [0, 0.05) is 18.2 Å². The van der Waals surface area contributed by atoms with E-state index < -0.39 is 23.1 Å². The first kappa shape index (κ1) is 21.3. The summed E-state index contributed by atoms with van der Waals surface area (Å²) in [6.07, 6.45) is 2.34. The van der Waals surface area contributed by atoms with E-state index in [0.29, 0.717) is 12.8 Å². The molecule has 0 saturated heterocycles. The van der Waals surface area contributed by atoms with Gasteiger partial charge in [-0.25, -0.2) is 14.6 Å².